The zero-order chi connectivity index (χ0) is 21.9. The van der Waals surface area contributed by atoms with E-state index in [2.05, 4.69) is 19.2 Å². The van der Waals surface area contributed by atoms with E-state index in [1.54, 1.807) is 43.6 Å². The molecule has 162 valence electrons. The van der Waals surface area contributed by atoms with Gasteiger partial charge in [-0.15, -0.1) is 11.8 Å². The summed E-state index contributed by atoms with van der Waals surface area (Å²) in [5.41, 5.74) is 0.466. The third kappa shape index (κ3) is 10.7. The molecule has 0 spiro atoms. The Morgan fingerprint density at radius 1 is 1.14 bits per heavy atom. The molecule has 0 heterocycles. The maximum absolute atomic E-state index is 12.5. The van der Waals surface area contributed by atoms with E-state index in [1.165, 1.54) is 0 Å². The van der Waals surface area contributed by atoms with Crippen molar-refractivity contribution in [3.8, 4) is 0 Å². The number of hydrogen-bond acceptors (Lipinski definition) is 6. The van der Waals surface area contributed by atoms with Gasteiger partial charge in [0.25, 0.3) is 0 Å². The molecule has 0 aliphatic heterocycles. The third-order valence-electron chi connectivity index (χ3n) is 4.02. The maximum Gasteiger partial charge on any atom is 0.333 e. The van der Waals surface area contributed by atoms with Crippen molar-refractivity contribution in [3.63, 3.8) is 0 Å². The number of ether oxygens (including phenoxy) is 1. The van der Waals surface area contributed by atoms with E-state index in [0.717, 1.165) is 5.88 Å². The normalized spacial score (nSPS) is 13.0. The number of hydrogen-bond donors (Lipinski definition) is 1. The van der Waals surface area contributed by atoms with Crippen molar-refractivity contribution in [2.75, 3.05) is 39.7 Å². The van der Waals surface area contributed by atoms with E-state index in [-0.39, 0.29) is 42.8 Å². The lowest BCUT2D eigenvalue weighted by Gasteiger charge is -2.29. The van der Waals surface area contributed by atoms with E-state index >= 15 is 0 Å². The van der Waals surface area contributed by atoms with Gasteiger partial charge in [-0.05, 0) is 26.8 Å². The van der Waals surface area contributed by atoms with E-state index < -0.39 is 0 Å². The highest BCUT2D eigenvalue weighted by atomic mass is 32.2. The van der Waals surface area contributed by atoms with Gasteiger partial charge in [0, 0.05) is 23.7 Å². The number of carbonyl (C=O) groups is 3. The first-order valence-electron chi connectivity index (χ1n) is 9.67. The molecule has 7 nitrogen and oxygen atoms in total. The molecule has 0 aromatic rings. The Bertz CT molecular complexity index is 550. The number of amides is 2. The molecule has 0 unspecified atom stereocenters. The summed E-state index contributed by atoms with van der Waals surface area (Å²) < 4.78 is 5.00. The van der Waals surface area contributed by atoms with Crippen LogP contribution >= 0.6 is 11.8 Å². The summed E-state index contributed by atoms with van der Waals surface area (Å²) in [6.07, 6.45) is 1.75. The highest BCUT2D eigenvalue weighted by Crippen LogP contribution is 2.14. The summed E-state index contributed by atoms with van der Waals surface area (Å²) in [7, 11) is 3.56. The predicted molar refractivity (Wildman–Crippen MR) is 115 cm³/mol. The second-order valence-corrected chi connectivity index (χ2v) is 8.98. The number of esters is 1. The van der Waals surface area contributed by atoms with Crippen LogP contribution in [0.15, 0.2) is 11.6 Å². The molecule has 1 atom stereocenters. The van der Waals surface area contributed by atoms with Gasteiger partial charge in [-0.3, -0.25) is 14.5 Å². The first-order valence-corrected chi connectivity index (χ1v) is 10.7. The van der Waals surface area contributed by atoms with Crippen LogP contribution in [0.5, 0.6) is 0 Å². The average Bonchev–Trinajstić information content (AvgIpc) is 2.61. The third-order valence-corrected chi connectivity index (χ3v) is 5.28. The lowest BCUT2D eigenvalue weighted by molar-refractivity contribution is -0.138. The fraction of sp³-hybridized carbons (Fsp3) is 0.750. The van der Waals surface area contributed by atoms with E-state index in [9.17, 15) is 14.4 Å². The second-order valence-electron chi connectivity index (χ2n) is 7.44. The van der Waals surface area contributed by atoms with Gasteiger partial charge in [0.15, 0.2) is 0 Å². The minimum Gasteiger partial charge on any atom is -0.463 e. The molecule has 0 saturated heterocycles. The van der Waals surface area contributed by atoms with Gasteiger partial charge in [0.2, 0.25) is 11.8 Å². The summed E-state index contributed by atoms with van der Waals surface area (Å²) in [5.74, 6) is 0.0803. The molecule has 1 N–H and O–H groups in total. The van der Waals surface area contributed by atoms with Crippen LogP contribution in [0.25, 0.3) is 0 Å². The Balaban J connectivity index is 4.73. The molecule has 0 bridgehead atoms. The fourth-order valence-corrected chi connectivity index (χ4v) is 3.05. The summed E-state index contributed by atoms with van der Waals surface area (Å²) in [6.45, 7) is 12.1. The van der Waals surface area contributed by atoms with E-state index in [4.69, 9.17) is 4.74 Å². The molecule has 0 aliphatic carbocycles. The van der Waals surface area contributed by atoms with Crippen LogP contribution in [0.1, 0.15) is 41.5 Å². The molecule has 0 aromatic carbocycles. The van der Waals surface area contributed by atoms with Crippen molar-refractivity contribution in [2.45, 2.75) is 52.8 Å². The monoisotopic (exact) mass is 415 g/mol. The largest absolute Gasteiger partial charge is 0.463 e. The van der Waals surface area contributed by atoms with Gasteiger partial charge in [0.05, 0.1) is 25.7 Å². The lowest BCUT2D eigenvalue weighted by atomic mass is 10.00. The Labute approximate surface area is 174 Å². The van der Waals surface area contributed by atoms with Gasteiger partial charge in [-0.1, -0.05) is 33.8 Å². The molecular formula is C20H37N3O4S. The summed E-state index contributed by atoms with van der Waals surface area (Å²) >= 11 is 1.76. The van der Waals surface area contributed by atoms with Gasteiger partial charge >= 0.3 is 5.97 Å². The Hall–Kier alpha value is -1.54. The molecule has 28 heavy (non-hydrogen) atoms. The summed E-state index contributed by atoms with van der Waals surface area (Å²) in [5, 5.41) is 3.18. The van der Waals surface area contributed by atoms with Crippen LogP contribution in [-0.4, -0.2) is 78.5 Å². The van der Waals surface area contributed by atoms with Crippen molar-refractivity contribution in [2.24, 2.45) is 5.92 Å². The quantitative estimate of drug-likeness (QED) is 0.299. The number of likely N-dealkylation sites (N-methyl/N-ethyl adjacent to an activating group) is 2. The number of thioether (sulfide) groups is 1. The van der Waals surface area contributed by atoms with Crippen molar-refractivity contribution >= 4 is 29.5 Å². The molecule has 8 heteroatoms. The molecular weight excluding hydrogens is 378 g/mol. The number of carbonyl (C=O) groups excluding carboxylic acids is 3. The van der Waals surface area contributed by atoms with Gasteiger partial charge < -0.3 is 15.0 Å². The number of nitrogens with zero attached hydrogens (tertiary/aromatic N) is 2. The minimum atomic E-state index is -0.385. The van der Waals surface area contributed by atoms with Crippen molar-refractivity contribution < 1.29 is 19.1 Å². The van der Waals surface area contributed by atoms with Crippen molar-refractivity contribution in [1.29, 1.82) is 0 Å². The summed E-state index contributed by atoms with van der Waals surface area (Å²) in [6, 6.07) is -0.265. The zero-order valence-corrected chi connectivity index (χ0v) is 19.4. The zero-order valence-electron chi connectivity index (χ0n) is 18.6. The topological polar surface area (TPSA) is 79.0 Å². The van der Waals surface area contributed by atoms with E-state index in [0.29, 0.717) is 17.4 Å². The van der Waals surface area contributed by atoms with Crippen LogP contribution in [0.2, 0.25) is 0 Å². The molecule has 0 aromatic heterocycles. The smallest absolute Gasteiger partial charge is 0.333 e. The Morgan fingerprint density at radius 3 is 2.25 bits per heavy atom. The predicted octanol–water partition coefficient (Wildman–Crippen LogP) is 2.13. The highest BCUT2D eigenvalue weighted by Gasteiger charge is 2.23. The Kier molecular flexibility index (Phi) is 12.9. The molecule has 0 saturated carbocycles. The number of rotatable bonds is 12. The molecule has 0 aliphatic rings. The SMILES string of the molecule is CCOC(=O)C(C)=C[C@H](C(C)C)N(C)C(=O)CNC(=O)CN(C)CSC(C)C. The van der Waals surface area contributed by atoms with Gasteiger partial charge in [-0.2, -0.15) is 0 Å². The molecule has 0 fully saturated rings. The minimum absolute atomic E-state index is 0.0734. The number of nitrogens with one attached hydrogen (secondary N) is 1. The van der Waals surface area contributed by atoms with Crippen LogP contribution in [0.4, 0.5) is 0 Å². The lowest BCUT2D eigenvalue weighted by Crippen LogP contribution is -2.46. The molecule has 0 rings (SSSR count). The first-order chi connectivity index (χ1) is 13.0. The van der Waals surface area contributed by atoms with Gasteiger partial charge in [0.1, 0.15) is 0 Å². The standard InChI is InChI=1S/C20H37N3O4S/c1-9-27-20(26)16(6)10-17(14(2)3)23(8)19(25)11-21-18(24)12-22(7)13-28-15(4)5/h10,14-15,17H,9,11-13H2,1-8H3,(H,21,24)/t17-/m1/s1. The van der Waals surface area contributed by atoms with E-state index in [1.807, 2.05) is 25.8 Å². The first kappa shape index (κ1) is 26.5. The maximum atomic E-state index is 12.5. The Morgan fingerprint density at radius 2 is 1.75 bits per heavy atom. The van der Waals surface area contributed by atoms with Crippen LogP contribution in [-0.2, 0) is 19.1 Å². The summed E-state index contributed by atoms with van der Waals surface area (Å²) in [4.78, 5) is 39.9. The molecule has 2 amide bonds. The average molecular weight is 416 g/mol. The highest BCUT2D eigenvalue weighted by molar-refractivity contribution is 7.99. The van der Waals surface area contributed by atoms with Crippen LogP contribution in [0.3, 0.4) is 0 Å². The fourth-order valence-electron chi connectivity index (χ4n) is 2.41. The van der Waals surface area contributed by atoms with Crippen LogP contribution in [0, 0.1) is 5.92 Å². The second kappa shape index (κ2) is 13.6. The van der Waals surface area contributed by atoms with Crippen molar-refractivity contribution in [3.05, 3.63) is 11.6 Å². The van der Waals surface area contributed by atoms with Crippen molar-refractivity contribution in [1.82, 2.24) is 15.1 Å². The van der Waals surface area contributed by atoms with Crippen LogP contribution < -0.4 is 5.32 Å². The van der Waals surface area contributed by atoms with Gasteiger partial charge in [-0.25, -0.2) is 4.79 Å². The molecule has 0 radical (unpaired) electrons.